The average molecular weight is 272 g/mol. The monoisotopic (exact) mass is 271 g/mol. The summed E-state index contributed by atoms with van der Waals surface area (Å²) in [4.78, 5) is 14.4. The molecule has 0 aromatic carbocycles. The summed E-state index contributed by atoms with van der Waals surface area (Å²) in [6, 6.07) is 0. The third kappa shape index (κ3) is 3.12. The van der Waals surface area contributed by atoms with Crippen LogP contribution in [-0.2, 0) is 10.9 Å². The van der Waals surface area contributed by atoms with Crippen LogP contribution in [-0.4, -0.2) is 17.6 Å². The van der Waals surface area contributed by atoms with E-state index >= 15 is 0 Å². The van der Waals surface area contributed by atoms with Crippen LogP contribution >= 0.6 is 11.6 Å². The molecule has 8 heteroatoms. The van der Waals surface area contributed by atoms with Crippen LogP contribution in [0.25, 0.3) is 0 Å². The van der Waals surface area contributed by atoms with Gasteiger partial charge in [0.25, 0.3) is 0 Å². The number of carbonyl (C=O) groups excluding carboxylic acids is 1. The van der Waals surface area contributed by atoms with Crippen LogP contribution in [0.2, 0.25) is 0 Å². The number of oxazole rings is 1. The van der Waals surface area contributed by atoms with Gasteiger partial charge in [0.15, 0.2) is 5.69 Å². The lowest BCUT2D eigenvalue weighted by Gasteiger charge is -2.03. The second-order valence-corrected chi connectivity index (χ2v) is 3.72. The van der Waals surface area contributed by atoms with Crippen molar-refractivity contribution < 1.29 is 27.1 Å². The number of aromatic nitrogens is 1. The molecular weight excluding hydrogens is 263 g/mol. The van der Waals surface area contributed by atoms with E-state index in [1.165, 1.54) is 13.8 Å². The summed E-state index contributed by atoms with van der Waals surface area (Å²) in [5.41, 5.74) is -1.42. The number of halogens is 4. The SMILES string of the molecule is CCOC(=O)c1oc([C@@H](C)Cl)nc1C(F)(F)F. The predicted molar refractivity (Wildman–Crippen MR) is 51.7 cm³/mol. The van der Waals surface area contributed by atoms with Gasteiger partial charge in [-0.2, -0.15) is 13.2 Å². The van der Waals surface area contributed by atoms with Crippen LogP contribution in [0.4, 0.5) is 13.2 Å². The topological polar surface area (TPSA) is 52.3 Å². The highest BCUT2D eigenvalue weighted by molar-refractivity contribution is 6.20. The zero-order valence-corrected chi connectivity index (χ0v) is 9.72. The third-order valence-electron chi connectivity index (χ3n) is 1.71. The van der Waals surface area contributed by atoms with Crippen molar-refractivity contribution in [2.45, 2.75) is 25.4 Å². The van der Waals surface area contributed by atoms with E-state index in [0.29, 0.717) is 0 Å². The minimum Gasteiger partial charge on any atom is -0.460 e. The highest BCUT2D eigenvalue weighted by Crippen LogP contribution is 2.34. The number of esters is 1. The van der Waals surface area contributed by atoms with E-state index in [9.17, 15) is 18.0 Å². The quantitative estimate of drug-likeness (QED) is 0.626. The number of ether oxygens (including phenoxy) is 1. The molecule has 1 rings (SSSR count). The average Bonchev–Trinajstić information content (AvgIpc) is 2.61. The van der Waals surface area contributed by atoms with Gasteiger partial charge >= 0.3 is 12.1 Å². The molecule has 4 nitrogen and oxygen atoms in total. The van der Waals surface area contributed by atoms with Gasteiger partial charge in [-0.05, 0) is 13.8 Å². The number of rotatable bonds is 3. The van der Waals surface area contributed by atoms with Gasteiger partial charge < -0.3 is 9.15 Å². The molecule has 0 aliphatic rings. The maximum atomic E-state index is 12.6. The van der Waals surface area contributed by atoms with Crippen LogP contribution in [0.3, 0.4) is 0 Å². The first-order valence-electron chi connectivity index (χ1n) is 4.66. The second kappa shape index (κ2) is 4.95. The number of hydrogen-bond donors (Lipinski definition) is 0. The van der Waals surface area contributed by atoms with E-state index in [0.717, 1.165) is 0 Å². The van der Waals surface area contributed by atoms with Gasteiger partial charge in [0.2, 0.25) is 11.7 Å². The number of carbonyl (C=O) groups is 1. The van der Waals surface area contributed by atoms with Gasteiger partial charge in [0.1, 0.15) is 5.38 Å². The van der Waals surface area contributed by atoms with E-state index in [4.69, 9.17) is 11.6 Å². The molecule has 1 heterocycles. The van der Waals surface area contributed by atoms with Crippen molar-refractivity contribution in [2.75, 3.05) is 6.61 Å². The highest BCUT2D eigenvalue weighted by atomic mass is 35.5. The Labute approximate surface area is 99.7 Å². The molecule has 0 fully saturated rings. The molecule has 0 saturated carbocycles. The lowest BCUT2D eigenvalue weighted by Crippen LogP contribution is -2.14. The molecule has 0 saturated heterocycles. The molecule has 0 N–H and O–H groups in total. The molecule has 0 spiro atoms. The Hall–Kier alpha value is -1.24. The van der Waals surface area contributed by atoms with Crippen molar-refractivity contribution in [1.82, 2.24) is 4.98 Å². The van der Waals surface area contributed by atoms with Crippen LogP contribution in [0.15, 0.2) is 4.42 Å². The molecule has 1 aromatic rings. The summed E-state index contributed by atoms with van der Waals surface area (Å²) < 4.78 is 46.8. The maximum Gasteiger partial charge on any atom is 0.437 e. The Morgan fingerprint density at radius 1 is 1.59 bits per heavy atom. The van der Waals surface area contributed by atoms with Gasteiger partial charge in [0.05, 0.1) is 6.61 Å². The molecule has 0 amide bonds. The number of alkyl halides is 4. The Morgan fingerprint density at radius 3 is 2.59 bits per heavy atom. The van der Waals surface area contributed by atoms with Crippen LogP contribution in [0.5, 0.6) is 0 Å². The molecule has 1 atom stereocenters. The van der Waals surface area contributed by atoms with E-state index in [2.05, 4.69) is 14.1 Å². The molecule has 0 aliphatic carbocycles. The van der Waals surface area contributed by atoms with Crippen LogP contribution in [0.1, 0.15) is 41.4 Å². The summed E-state index contributed by atoms with van der Waals surface area (Å²) in [6.45, 7) is 2.78. The van der Waals surface area contributed by atoms with Crippen LogP contribution in [0, 0.1) is 0 Å². The molecule has 0 bridgehead atoms. The minimum atomic E-state index is -4.80. The molecule has 0 aliphatic heterocycles. The first kappa shape index (κ1) is 13.8. The lowest BCUT2D eigenvalue weighted by atomic mass is 10.3. The molecule has 96 valence electrons. The summed E-state index contributed by atoms with van der Waals surface area (Å²) in [5, 5.41) is -0.876. The van der Waals surface area contributed by atoms with Gasteiger partial charge in [-0.1, -0.05) is 0 Å². The van der Waals surface area contributed by atoms with E-state index < -0.39 is 29.0 Å². The molecule has 1 aromatic heterocycles. The lowest BCUT2D eigenvalue weighted by molar-refractivity contribution is -0.141. The Bertz CT molecular complexity index is 414. The zero-order valence-electron chi connectivity index (χ0n) is 8.97. The highest BCUT2D eigenvalue weighted by Gasteiger charge is 2.42. The first-order chi connectivity index (χ1) is 7.77. The first-order valence-corrected chi connectivity index (χ1v) is 5.10. The van der Waals surface area contributed by atoms with Gasteiger partial charge in [-0.25, -0.2) is 9.78 Å². The smallest absolute Gasteiger partial charge is 0.437 e. The zero-order chi connectivity index (χ0) is 13.2. The third-order valence-corrected chi connectivity index (χ3v) is 1.90. The number of nitrogens with zero attached hydrogens (tertiary/aromatic N) is 1. The summed E-state index contributed by atoms with van der Waals surface area (Å²) in [7, 11) is 0. The van der Waals surface area contributed by atoms with Crippen molar-refractivity contribution in [3.05, 3.63) is 17.3 Å². The summed E-state index contributed by atoms with van der Waals surface area (Å²) >= 11 is 5.54. The van der Waals surface area contributed by atoms with Gasteiger partial charge in [-0.15, -0.1) is 11.6 Å². The van der Waals surface area contributed by atoms with E-state index in [1.807, 2.05) is 0 Å². The molecule has 0 radical (unpaired) electrons. The Kier molecular flexibility index (Phi) is 4.03. The summed E-state index contributed by atoms with van der Waals surface area (Å²) in [5.74, 6) is -2.56. The second-order valence-electron chi connectivity index (χ2n) is 3.06. The van der Waals surface area contributed by atoms with Crippen molar-refractivity contribution >= 4 is 17.6 Å². The standard InChI is InChI=1S/C9H9ClF3NO3/c1-3-16-8(15)5-6(9(11,12)13)14-7(17-5)4(2)10/h4H,3H2,1-2H3/t4-/m1/s1. The minimum absolute atomic E-state index is 0.0669. The fourth-order valence-electron chi connectivity index (χ4n) is 1.03. The predicted octanol–water partition coefficient (Wildman–Crippen LogP) is 3.17. The van der Waals surface area contributed by atoms with Gasteiger partial charge in [0, 0.05) is 0 Å². The Balaban J connectivity index is 3.22. The fraction of sp³-hybridized carbons (Fsp3) is 0.556. The Morgan fingerprint density at radius 2 is 2.18 bits per heavy atom. The van der Waals surface area contributed by atoms with Crippen LogP contribution < -0.4 is 0 Å². The molecular formula is C9H9ClF3NO3. The normalized spacial score (nSPS) is 13.5. The van der Waals surface area contributed by atoms with E-state index in [1.54, 1.807) is 0 Å². The largest absolute Gasteiger partial charge is 0.460 e. The van der Waals surface area contributed by atoms with Gasteiger partial charge in [-0.3, -0.25) is 0 Å². The van der Waals surface area contributed by atoms with Crippen molar-refractivity contribution in [3.8, 4) is 0 Å². The summed E-state index contributed by atoms with van der Waals surface area (Å²) in [6.07, 6.45) is -4.80. The maximum absolute atomic E-state index is 12.6. The molecule has 17 heavy (non-hydrogen) atoms. The van der Waals surface area contributed by atoms with E-state index in [-0.39, 0.29) is 12.5 Å². The fourth-order valence-corrected chi connectivity index (χ4v) is 1.13. The van der Waals surface area contributed by atoms with Crippen molar-refractivity contribution in [3.63, 3.8) is 0 Å². The number of hydrogen-bond acceptors (Lipinski definition) is 4. The van der Waals surface area contributed by atoms with Crippen molar-refractivity contribution in [2.24, 2.45) is 0 Å². The van der Waals surface area contributed by atoms with Crippen molar-refractivity contribution in [1.29, 1.82) is 0 Å². The molecule has 0 unspecified atom stereocenters.